The summed E-state index contributed by atoms with van der Waals surface area (Å²) in [5, 5.41) is 0. The molecule has 1 nitrogen and oxygen atoms in total. The Morgan fingerprint density at radius 2 is 2.07 bits per heavy atom. The van der Waals surface area contributed by atoms with Crippen molar-refractivity contribution in [3.63, 3.8) is 0 Å². The molecule has 0 spiro atoms. The van der Waals surface area contributed by atoms with Gasteiger partial charge in [-0.2, -0.15) is 0 Å². The number of rotatable bonds is 3. The molecule has 1 aromatic rings. The van der Waals surface area contributed by atoms with E-state index in [-0.39, 0.29) is 11.3 Å². The van der Waals surface area contributed by atoms with Crippen LogP contribution in [-0.2, 0) is 6.42 Å². The number of carbonyl (C=O) groups is 1. The molecule has 0 bridgehead atoms. The van der Waals surface area contributed by atoms with Gasteiger partial charge in [-0.25, -0.2) is 8.78 Å². The summed E-state index contributed by atoms with van der Waals surface area (Å²) in [6.07, 6.45) is -1.97. The first-order chi connectivity index (χ1) is 6.97. The van der Waals surface area contributed by atoms with E-state index in [9.17, 15) is 13.6 Å². The van der Waals surface area contributed by atoms with Crippen LogP contribution in [0.4, 0.5) is 8.78 Å². The Morgan fingerprint density at radius 3 is 2.47 bits per heavy atom. The van der Waals surface area contributed by atoms with Gasteiger partial charge in [-0.05, 0) is 53.6 Å². The van der Waals surface area contributed by atoms with Crippen LogP contribution in [0.25, 0.3) is 0 Å². The monoisotopic (exact) mass is 324 g/mol. The normalized spacial score (nSPS) is 10.8. The average molecular weight is 324 g/mol. The predicted molar refractivity (Wildman–Crippen MR) is 63.5 cm³/mol. The molecule has 0 N–H and O–H groups in total. The zero-order valence-corrected chi connectivity index (χ0v) is 10.6. The summed E-state index contributed by atoms with van der Waals surface area (Å²) >= 11 is 2.00. The maximum absolute atomic E-state index is 12.7. The predicted octanol–water partition coefficient (Wildman–Crippen LogP) is 3.99. The lowest BCUT2D eigenvalue weighted by molar-refractivity contribution is 0.101. The summed E-state index contributed by atoms with van der Waals surface area (Å²) < 4.78 is 26.1. The van der Waals surface area contributed by atoms with E-state index in [2.05, 4.69) is 0 Å². The molecule has 0 amide bonds. The first-order valence-electron chi connectivity index (χ1n) is 4.58. The number of halogens is 3. The molecule has 0 saturated heterocycles. The van der Waals surface area contributed by atoms with Gasteiger partial charge in [0.15, 0.2) is 5.78 Å². The molecule has 4 heteroatoms. The van der Waals surface area contributed by atoms with Crippen LogP contribution >= 0.6 is 22.6 Å². The number of aryl methyl sites for hydroxylation is 1. The molecule has 0 aromatic heterocycles. The first kappa shape index (κ1) is 12.5. The van der Waals surface area contributed by atoms with Crippen LogP contribution in [0.3, 0.4) is 0 Å². The van der Waals surface area contributed by atoms with Crippen LogP contribution in [0, 0.1) is 3.57 Å². The fourth-order valence-electron chi connectivity index (χ4n) is 1.41. The SMILES string of the molecule is CCc1cc(I)c(C(C)=O)cc1C(F)F. The number of hydrogen-bond acceptors (Lipinski definition) is 1. The molecule has 0 unspecified atom stereocenters. The van der Waals surface area contributed by atoms with E-state index in [0.29, 0.717) is 17.5 Å². The zero-order chi connectivity index (χ0) is 11.6. The zero-order valence-electron chi connectivity index (χ0n) is 8.48. The summed E-state index contributed by atoms with van der Waals surface area (Å²) in [6, 6.07) is 2.98. The molecule has 15 heavy (non-hydrogen) atoms. The highest BCUT2D eigenvalue weighted by molar-refractivity contribution is 14.1. The van der Waals surface area contributed by atoms with Crippen LogP contribution in [0.5, 0.6) is 0 Å². The van der Waals surface area contributed by atoms with E-state index >= 15 is 0 Å². The Kier molecular flexibility index (Phi) is 4.19. The van der Waals surface area contributed by atoms with Crippen molar-refractivity contribution in [3.8, 4) is 0 Å². The van der Waals surface area contributed by atoms with Crippen molar-refractivity contribution < 1.29 is 13.6 Å². The van der Waals surface area contributed by atoms with Crippen molar-refractivity contribution >= 4 is 28.4 Å². The van der Waals surface area contributed by atoms with Gasteiger partial charge in [0, 0.05) is 14.7 Å². The molecule has 1 rings (SSSR count). The summed E-state index contributed by atoms with van der Waals surface area (Å²) in [5.41, 5.74) is 0.964. The van der Waals surface area contributed by atoms with Gasteiger partial charge >= 0.3 is 0 Å². The lowest BCUT2D eigenvalue weighted by Crippen LogP contribution is -2.02. The second-order valence-electron chi connectivity index (χ2n) is 3.24. The quantitative estimate of drug-likeness (QED) is 0.607. The highest BCUT2D eigenvalue weighted by Crippen LogP contribution is 2.27. The number of benzene rings is 1. The van der Waals surface area contributed by atoms with Crippen molar-refractivity contribution in [1.82, 2.24) is 0 Å². The van der Waals surface area contributed by atoms with E-state index in [1.807, 2.05) is 29.5 Å². The van der Waals surface area contributed by atoms with E-state index < -0.39 is 6.43 Å². The lowest BCUT2D eigenvalue weighted by Gasteiger charge is -2.10. The average Bonchev–Trinajstić information content (AvgIpc) is 2.16. The molecule has 0 radical (unpaired) electrons. The highest BCUT2D eigenvalue weighted by Gasteiger charge is 2.16. The van der Waals surface area contributed by atoms with E-state index in [1.165, 1.54) is 13.0 Å². The van der Waals surface area contributed by atoms with Gasteiger partial charge in [0.2, 0.25) is 0 Å². The van der Waals surface area contributed by atoms with Crippen molar-refractivity contribution in [2.45, 2.75) is 26.7 Å². The molecule has 0 fully saturated rings. The minimum absolute atomic E-state index is 0.0249. The lowest BCUT2D eigenvalue weighted by atomic mass is 10.0. The summed E-state index contributed by atoms with van der Waals surface area (Å²) in [7, 11) is 0. The Bertz CT molecular complexity index is 388. The van der Waals surface area contributed by atoms with Crippen molar-refractivity contribution in [2.24, 2.45) is 0 Å². The van der Waals surface area contributed by atoms with Gasteiger partial charge in [0.25, 0.3) is 6.43 Å². The standard InChI is InChI=1S/C11H11F2IO/c1-3-7-4-10(14)8(6(2)15)5-9(7)11(12)13/h4-5,11H,3H2,1-2H3. The second-order valence-corrected chi connectivity index (χ2v) is 4.40. The van der Waals surface area contributed by atoms with Crippen LogP contribution in [0.1, 0.15) is 41.8 Å². The molecule has 0 atom stereocenters. The topological polar surface area (TPSA) is 17.1 Å². The minimum Gasteiger partial charge on any atom is -0.294 e. The molecule has 0 saturated carbocycles. The van der Waals surface area contributed by atoms with Crippen LogP contribution in [0.15, 0.2) is 12.1 Å². The third kappa shape index (κ3) is 2.74. The van der Waals surface area contributed by atoms with Gasteiger partial charge in [0.1, 0.15) is 0 Å². The fourth-order valence-corrected chi connectivity index (χ4v) is 2.32. The third-order valence-corrected chi connectivity index (χ3v) is 3.12. The number of hydrogen-bond donors (Lipinski definition) is 0. The van der Waals surface area contributed by atoms with Crippen molar-refractivity contribution in [1.29, 1.82) is 0 Å². The first-order valence-corrected chi connectivity index (χ1v) is 5.66. The van der Waals surface area contributed by atoms with Gasteiger partial charge < -0.3 is 0 Å². The molecule has 0 aliphatic carbocycles. The second kappa shape index (κ2) is 5.01. The van der Waals surface area contributed by atoms with Crippen molar-refractivity contribution in [2.75, 3.05) is 0 Å². The Hall–Kier alpha value is -0.520. The number of ketones is 1. The van der Waals surface area contributed by atoms with Gasteiger partial charge in [-0.1, -0.05) is 6.92 Å². The van der Waals surface area contributed by atoms with Gasteiger partial charge in [-0.15, -0.1) is 0 Å². The van der Waals surface area contributed by atoms with Gasteiger partial charge in [0.05, 0.1) is 0 Å². The maximum atomic E-state index is 12.7. The highest BCUT2D eigenvalue weighted by atomic mass is 127. The Labute approximate surface area is 101 Å². The largest absolute Gasteiger partial charge is 0.294 e. The molecule has 82 valence electrons. The molecule has 1 aromatic carbocycles. The Morgan fingerprint density at radius 1 is 1.47 bits per heavy atom. The van der Waals surface area contributed by atoms with E-state index in [0.717, 1.165) is 3.57 Å². The van der Waals surface area contributed by atoms with Gasteiger partial charge in [-0.3, -0.25) is 4.79 Å². The summed E-state index contributed by atoms with van der Waals surface area (Å²) in [4.78, 5) is 11.2. The van der Waals surface area contributed by atoms with E-state index in [1.54, 1.807) is 6.07 Å². The maximum Gasteiger partial charge on any atom is 0.264 e. The minimum atomic E-state index is -2.52. The number of carbonyl (C=O) groups excluding carboxylic acids is 1. The molecule has 0 aliphatic rings. The smallest absolute Gasteiger partial charge is 0.264 e. The molecular weight excluding hydrogens is 313 g/mol. The molecular formula is C11H11F2IO. The number of alkyl halides is 2. The van der Waals surface area contributed by atoms with Crippen molar-refractivity contribution in [3.05, 3.63) is 32.4 Å². The molecule has 0 aliphatic heterocycles. The van der Waals surface area contributed by atoms with Crippen LogP contribution in [-0.4, -0.2) is 5.78 Å². The van der Waals surface area contributed by atoms with Crippen LogP contribution < -0.4 is 0 Å². The number of Topliss-reactive ketones (excluding diaryl/α,β-unsaturated/α-hetero) is 1. The summed E-state index contributed by atoms with van der Waals surface area (Å²) in [5.74, 6) is -0.177. The fraction of sp³-hybridized carbons (Fsp3) is 0.364. The third-order valence-electron chi connectivity index (χ3n) is 2.22. The molecule has 0 heterocycles. The van der Waals surface area contributed by atoms with E-state index in [4.69, 9.17) is 0 Å². The van der Waals surface area contributed by atoms with Crippen LogP contribution in [0.2, 0.25) is 0 Å². The summed E-state index contributed by atoms with van der Waals surface area (Å²) in [6.45, 7) is 3.21. The Balaban J connectivity index is 3.37.